The van der Waals surface area contributed by atoms with Crippen LogP contribution < -0.4 is 5.32 Å². The van der Waals surface area contributed by atoms with Crippen LogP contribution in [0.15, 0.2) is 30.3 Å². The lowest BCUT2D eigenvalue weighted by Crippen LogP contribution is -2.47. The van der Waals surface area contributed by atoms with E-state index in [2.05, 4.69) is 37.9 Å². The Balaban J connectivity index is 0.00000139. The van der Waals surface area contributed by atoms with Crippen molar-refractivity contribution in [1.82, 2.24) is 10.2 Å². The van der Waals surface area contributed by atoms with E-state index in [-0.39, 0.29) is 44.5 Å². The number of alkyl halides is 3. The van der Waals surface area contributed by atoms with Gasteiger partial charge in [0.15, 0.2) is 5.78 Å². The summed E-state index contributed by atoms with van der Waals surface area (Å²) in [5.74, 6) is -1.86. The minimum Gasteiger partial charge on any atom is -0.427 e. The Kier molecular flexibility index (Phi) is 14.7. The lowest BCUT2D eigenvalue weighted by Gasteiger charge is -2.25. The van der Waals surface area contributed by atoms with E-state index in [9.17, 15) is 32.8 Å². The fraction of sp³-hybridized carbons (Fsp3) is 0.667. The maximum atomic E-state index is 12.8. The molecule has 1 saturated heterocycles. The minimum atomic E-state index is -4.55. The molecule has 1 amide bonds. The number of ether oxygens (including phenoxy) is 1. The molecule has 0 aromatic heterocycles. The lowest BCUT2D eigenvalue weighted by atomic mass is 9.66. The number of carbonyl (C=O) groups is 2. The summed E-state index contributed by atoms with van der Waals surface area (Å²) in [4.78, 5) is 29.5. The quantitative estimate of drug-likeness (QED) is 0.254. The Morgan fingerprint density at radius 3 is 2.36 bits per heavy atom. The molecule has 8 nitrogen and oxygen atoms in total. The molecule has 0 radical (unpaired) electrons. The molecule has 218 valence electrons. The lowest BCUT2D eigenvalue weighted by molar-refractivity contribution is -0.135. The summed E-state index contributed by atoms with van der Waals surface area (Å²) in [6, 6.07) is 7.19. The molecule has 3 atom stereocenters. The predicted molar refractivity (Wildman–Crippen MR) is 144 cm³/mol. The van der Waals surface area contributed by atoms with Crippen LogP contribution in [0.3, 0.4) is 0 Å². The number of nitrogens with one attached hydrogen (secondary N) is 1. The number of carbonyl (C=O) groups excluding carboxylic acids is 2. The van der Waals surface area contributed by atoms with Crippen LogP contribution in [-0.2, 0) is 20.7 Å². The molecule has 0 aliphatic carbocycles. The van der Waals surface area contributed by atoms with Gasteiger partial charge in [-0.2, -0.15) is 13.2 Å². The van der Waals surface area contributed by atoms with Crippen molar-refractivity contribution < 1.29 is 37.5 Å². The summed E-state index contributed by atoms with van der Waals surface area (Å²) in [6.07, 6.45) is -3.38. The molecule has 1 aliphatic rings. The third-order valence-electron chi connectivity index (χ3n) is 5.67. The first kappa shape index (κ1) is 34.6. The van der Waals surface area contributed by atoms with Gasteiger partial charge in [0.1, 0.15) is 0 Å². The summed E-state index contributed by atoms with van der Waals surface area (Å²) in [5.41, 5.74) is 1.26. The first-order valence-corrected chi connectivity index (χ1v) is 13.0. The van der Waals surface area contributed by atoms with Gasteiger partial charge in [-0.1, -0.05) is 58.0 Å². The van der Waals surface area contributed by atoms with Crippen molar-refractivity contribution in [3.63, 3.8) is 0 Å². The van der Waals surface area contributed by atoms with Gasteiger partial charge >= 0.3 is 19.2 Å². The minimum absolute atomic E-state index is 0.0251. The van der Waals surface area contributed by atoms with Crippen molar-refractivity contribution in [3.8, 4) is 0 Å². The van der Waals surface area contributed by atoms with E-state index in [1.54, 1.807) is 30.3 Å². The van der Waals surface area contributed by atoms with Gasteiger partial charge in [0.2, 0.25) is 0 Å². The van der Waals surface area contributed by atoms with Crippen LogP contribution >= 0.6 is 0 Å². The normalized spacial score (nSPS) is 17.0. The second-order valence-electron chi connectivity index (χ2n) is 11.3. The summed E-state index contributed by atoms with van der Waals surface area (Å²) < 4.78 is 43.9. The molecule has 2 rings (SSSR count). The molecule has 0 unspecified atom stereocenters. The van der Waals surface area contributed by atoms with E-state index in [0.29, 0.717) is 18.4 Å². The summed E-state index contributed by atoms with van der Waals surface area (Å²) in [5, 5.41) is 21.6. The van der Waals surface area contributed by atoms with Gasteiger partial charge in [0.25, 0.3) is 6.54 Å². The van der Waals surface area contributed by atoms with Gasteiger partial charge < -0.3 is 24.5 Å². The second kappa shape index (κ2) is 16.6. The molecule has 1 aromatic carbocycles. The van der Waals surface area contributed by atoms with Gasteiger partial charge in [0, 0.05) is 18.8 Å². The first-order chi connectivity index (χ1) is 18.1. The third-order valence-corrected chi connectivity index (χ3v) is 5.67. The van der Waals surface area contributed by atoms with Crippen molar-refractivity contribution in [3.05, 3.63) is 47.3 Å². The Labute approximate surface area is 229 Å². The van der Waals surface area contributed by atoms with Crippen LogP contribution in [0.2, 0.25) is 5.82 Å². The number of likely N-dealkylation sites (tertiary alicyclic amines) is 1. The Morgan fingerprint density at radius 2 is 1.82 bits per heavy atom. The van der Waals surface area contributed by atoms with Gasteiger partial charge in [-0.15, -0.1) is 0 Å². The van der Waals surface area contributed by atoms with Crippen molar-refractivity contribution in [2.45, 2.75) is 77.5 Å². The molecule has 12 heteroatoms. The molecular weight excluding hydrogens is 514 g/mol. The average molecular weight is 555 g/mol. The van der Waals surface area contributed by atoms with Crippen LogP contribution in [0.25, 0.3) is 4.85 Å². The molecule has 1 heterocycles. The van der Waals surface area contributed by atoms with Crippen molar-refractivity contribution >= 4 is 18.8 Å². The van der Waals surface area contributed by atoms with Crippen molar-refractivity contribution in [2.75, 3.05) is 32.8 Å². The number of rotatable bonds is 13. The van der Waals surface area contributed by atoms with E-state index < -0.39 is 37.5 Å². The predicted octanol–water partition coefficient (Wildman–Crippen LogP) is 3.53. The Morgan fingerprint density at radius 1 is 1.21 bits per heavy atom. The molecular formula is C27H41BF3N3O5. The largest absolute Gasteiger partial charge is 0.455 e. The SMILES string of the molecule is CC(C)(C)C.[C-]#[N+]CC(=O)N1CCC[C@@H]1COC[C@H](NCC(F)(F)F)C(=O)C[C@@H](Cc1ccccc1)B(O)O. The van der Waals surface area contributed by atoms with Gasteiger partial charge in [-0.25, -0.2) is 6.57 Å². The van der Waals surface area contributed by atoms with E-state index in [1.807, 2.05) is 0 Å². The summed E-state index contributed by atoms with van der Waals surface area (Å²) >= 11 is 0. The molecule has 1 aromatic rings. The van der Waals surface area contributed by atoms with Crippen LogP contribution in [0, 0.1) is 12.0 Å². The molecule has 3 N–H and O–H groups in total. The monoisotopic (exact) mass is 555 g/mol. The average Bonchev–Trinajstić information content (AvgIpc) is 3.28. The fourth-order valence-electron chi connectivity index (χ4n) is 3.92. The number of ketones is 1. The maximum absolute atomic E-state index is 12.8. The van der Waals surface area contributed by atoms with E-state index in [0.717, 1.165) is 12.0 Å². The van der Waals surface area contributed by atoms with Crippen LogP contribution in [0.1, 0.15) is 52.5 Å². The molecule has 39 heavy (non-hydrogen) atoms. The van der Waals surface area contributed by atoms with Crippen LogP contribution in [0.4, 0.5) is 13.2 Å². The Hall–Kier alpha value is -2.46. The van der Waals surface area contributed by atoms with Gasteiger partial charge in [-0.05, 0) is 30.2 Å². The number of Topliss-reactive ketones (excluding diaryl/α,β-unsaturated/α-hetero) is 1. The second-order valence-corrected chi connectivity index (χ2v) is 11.3. The smallest absolute Gasteiger partial charge is 0.427 e. The highest BCUT2D eigenvalue weighted by Crippen LogP contribution is 2.22. The molecule has 1 fully saturated rings. The topological polar surface area (TPSA) is 103 Å². The van der Waals surface area contributed by atoms with Crippen molar-refractivity contribution in [2.24, 2.45) is 5.41 Å². The van der Waals surface area contributed by atoms with E-state index in [4.69, 9.17) is 11.3 Å². The molecule has 0 bridgehead atoms. The zero-order valence-electron chi connectivity index (χ0n) is 23.2. The summed E-state index contributed by atoms with van der Waals surface area (Å²) in [7, 11) is -1.83. The van der Waals surface area contributed by atoms with Crippen molar-refractivity contribution in [1.29, 1.82) is 0 Å². The Bertz CT molecular complexity index is 914. The zero-order chi connectivity index (χ0) is 29.6. The molecule has 0 saturated carbocycles. The van der Waals surface area contributed by atoms with Gasteiger partial charge in [0.05, 0.1) is 31.8 Å². The third kappa shape index (κ3) is 15.7. The van der Waals surface area contributed by atoms with Gasteiger partial charge in [-0.3, -0.25) is 14.9 Å². The zero-order valence-corrected chi connectivity index (χ0v) is 23.2. The maximum Gasteiger partial charge on any atom is 0.455 e. The van der Waals surface area contributed by atoms with Crippen LogP contribution in [0.5, 0.6) is 0 Å². The number of hydrogen-bond donors (Lipinski definition) is 3. The number of benzene rings is 1. The highest BCUT2D eigenvalue weighted by molar-refractivity contribution is 6.43. The highest BCUT2D eigenvalue weighted by Gasteiger charge is 2.34. The number of amides is 1. The van der Waals surface area contributed by atoms with Crippen LogP contribution in [-0.4, -0.2) is 84.9 Å². The van der Waals surface area contributed by atoms with E-state index >= 15 is 0 Å². The first-order valence-electron chi connectivity index (χ1n) is 13.0. The van der Waals surface area contributed by atoms with E-state index in [1.165, 1.54) is 4.90 Å². The number of hydrogen-bond acceptors (Lipinski definition) is 6. The standard InChI is InChI=1S/C22H29BF3N3O5.C5H12/c1-27-12-21(31)29-9-5-8-18(29)13-34-14-19(28-15-22(24,25)26)20(30)11-17(23(32)33)10-16-6-3-2-4-7-16;1-5(2,3)4/h2-4,6-7,17-19,28,32-33H,5,8-15H2;1-4H3/t17-,18-,19+;/m1./s1. The molecule has 0 spiro atoms. The number of nitrogens with zero attached hydrogens (tertiary/aromatic N) is 2. The fourth-order valence-corrected chi connectivity index (χ4v) is 3.92. The highest BCUT2D eigenvalue weighted by atomic mass is 19.4. The summed E-state index contributed by atoms with van der Waals surface area (Å²) in [6.45, 7) is 14.0. The molecule has 1 aliphatic heterocycles. The number of halogens is 3.